The Morgan fingerprint density at radius 3 is 2.58 bits per heavy atom. The molecular formula is C21H21N3. The predicted octanol–water partition coefficient (Wildman–Crippen LogP) is 4.46. The van der Waals surface area contributed by atoms with Crippen molar-refractivity contribution in [3.8, 4) is 0 Å². The van der Waals surface area contributed by atoms with E-state index in [0.717, 1.165) is 16.9 Å². The summed E-state index contributed by atoms with van der Waals surface area (Å²) < 4.78 is 2.16. The number of hydrogen-bond acceptors (Lipinski definition) is 2. The number of aromatic nitrogens is 2. The molecule has 1 aromatic heterocycles. The van der Waals surface area contributed by atoms with E-state index in [-0.39, 0.29) is 11.0 Å². The van der Waals surface area contributed by atoms with Gasteiger partial charge < -0.3 is 0 Å². The molecule has 120 valence electrons. The molecule has 0 radical (unpaired) electrons. The second kappa shape index (κ2) is 4.35. The smallest absolute Gasteiger partial charge is 0.141 e. The molecule has 1 fully saturated rings. The highest BCUT2D eigenvalue weighted by atomic mass is 15.1. The maximum atomic E-state index is 5.23. The molecule has 1 saturated carbocycles. The van der Waals surface area contributed by atoms with Crippen molar-refractivity contribution in [1.29, 1.82) is 0 Å². The summed E-state index contributed by atoms with van der Waals surface area (Å²) >= 11 is 0. The first-order valence-corrected chi connectivity index (χ1v) is 8.66. The van der Waals surface area contributed by atoms with Gasteiger partial charge in [0.1, 0.15) is 12.2 Å². The third-order valence-electron chi connectivity index (χ3n) is 6.00. The molecule has 24 heavy (non-hydrogen) atoms. The van der Waals surface area contributed by atoms with Gasteiger partial charge in [-0.25, -0.2) is 4.98 Å². The standard InChI is InChI=1S/C21H21N3/c1-14-7-6-10-17-18(14)22-13-24(17)19-15-8-4-5-9-16(15)21(11-12-21)20(2,3)23-19/h4-10,13H,11-12H2,1-3H3. The van der Waals surface area contributed by atoms with E-state index in [1.54, 1.807) is 0 Å². The number of aliphatic imine (C=N–C) groups is 1. The lowest BCUT2D eigenvalue weighted by Gasteiger charge is -2.38. The Labute approximate surface area is 142 Å². The number of benzene rings is 2. The van der Waals surface area contributed by atoms with Crippen LogP contribution in [0.5, 0.6) is 0 Å². The summed E-state index contributed by atoms with van der Waals surface area (Å²) in [6.07, 6.45) is 4.39. The highest BCUT2D eigenvalue weighted by Crippen LogP contribution is 2.59. The van der Waals surface area contributed by atoms with Crippen molar-refractivity contribution in [2.45, 2.75) is 44.6 Å². The lowest BCUT2D eigenvalue weighted by atomic mass is 9.74. The van der Waals surface area contributed by atoms with Crippen LogP contribution in [0.25, 0.3) is 11.0 Å². The molecule has 1 spiro atoms. The summed E-state index contributed by atoms with van der Waals surface area (Å²) in [4.78, 5) is 9.88. The second-order valence-electron chi connectivity index (χ2n) is 7.68. The van der Waals surface area contributed by atoms with Crippen molar-refractivity contribution in [2.75, 3.05) is 0 Å². The van der Waals surface area contributed by atoms with Crippen LogP contribution >= 0.6 is 0 Å². The van der Waals surface area contributed by atoms with Crippen LogP contribution in [0, 0.1) is 6.92 Å². The van der Waals surface area contributed by atoms with E-state index in [4.69, 9.17) is 4.99 Å². The van der Waals surface area contributed by atoms with Crippen molar-refractivity contribution < 1.29 is 0 Å². The van der Waals surface area contributed by atoms with E-state index in [1.165, 1.54) is 29.5 Å². The van der Waals surface area contributed by atoms with E-state index in [2.05, 4.69) is 72.8 Å². The summed E-state index contributed by atoms with van der Waals surface area (Å²) in [7, 11) is 0. The zero-order chi connectivity index (χ0) is 16.5. The summed E-state index contributed by atoms with van der Waals surface area (Å²) in [6, 6.07) is 15.1. The number of aryl methyl sites for hydroxylation is 1. The first-order chi connectivity index (χ1) is 11.5. The molecule has 0 atom stereocenters. The zero-order valence-electron chi connectivity index (χ0n) is 14.4. The van der Waals surface area contributed by atoms with Crippen LogP contribution in [0.3, 0.4) is 0 Å². The van der Waals surface area contributed by atoms with Gasteiger partial charge in [-0.3, -0.25) is 9.56 Å². The Balaban J connectivity index is 1.81. The Morgan fingerprint density at radius 1 is 1.00 bits per heavy atom. The average Bonchev–Trinajstić information content (AvgIpc) is 3.27. The minimum Gasteiger partial charge on any atom is -0.283 e. The first kappa shape index (κ1) is 14.0. The average molecular weight is 315 g/mol. The fraction of sp³-hybridized carbons (Fsp3) is 0.333. The Hall–Kier alpha value is -2.42. The SMILES string of the molecule is Cc1cccc2c1ncn2C1=NC(C)(C)C2(CC2)c2ccccc21. The normalized spacial score (nSPS) is 20.0. The Kier molecular flexibility index (Phi) is 2.53. The molecule has 2 aromatic carbocycles. The van der Waals surface area contributed by atoms with Crippen molar-refractivity contribution in [3.05, 3.63) is 65.5 Å². The molecule has 1 aliphatic heterocycles. The van der Waals surface area contributed by atoms with Gasteiger partial charge in [0.25, 0.3) is 0 Å². The third kappa shape index (κ3) is 1.62. The molecule has 0 amide bonds. The molecule has 2 aliphatic rings. The number of nitrogens with zero attached hydrogens (tertiary/aromatic N) is 3. The molecule has 3 aromatic rings. The van der Waals surface area contributed by atoms with E-state index in [0.29, 0.717) is 0 Å². The molecule has 0 bridgehead atoms. The highest BCUT2D eigenvalue weighted by molar-refractivity contribution is 6.07. The third-order valence-corrected chi connectivity index (χ3v) is 6.00. The number of para-hydroxylation sites is 1. The predicted molar refractivity (Wildman–Crippen MR) is 97.8 cm³/mol. The molecule has 1 aliphatic carbocycles. The minimum absolute atomic E-state index is 0.0862. The van der Waals surface area contributed by atoms with Crippen LogP contribution in [0.1, 0.15) is 43.4 Å². The Bertz CT molecular complexity index is 1000. The molecule has 3 heteroatoms. The summed E-state index contributed by atoms with van der Waals surface area (Å²) in [6.45, 7) is 6.67. The van der Waals surface area contributed by atoms with Crippen LogP contribution in [0.2, 0.25) is 0 Å². The number of rotatable bonds is 0. The molecule has 0 saturated heterocycles. The van der Waals surface area contributed by atoms with Gasteiger partial charge in [0.2, 0.25) is 0 Å². The van der Waals surface area contributed by atoms with E-state index in [9.17, 15) is 0 Å². The fourth-order valence-corrected chi connectivity index (χ4v) is 4.40. The lowest BCUT2D eigenvalue weighted by molar-refractivity contribution is 0.386. The Morgan fingerprint density at radius 2 is 1.79 bits per heavy atom. The van der Waals surface area contributed by atoms with Crippen LogP contribution in [0.15, 0.2) is 53.8 Å². The lowest BCUT2D eigenvalue weighted by Crippen LogP contribution is -2.41. The van der Waals surface area contributed by atoms with Crippen molar-refractivity contribution in [1.82, 2.24) is 9.55 Å². The largest absolute Gasteiger partial charge is 0.283 e. The van der Waals surface area contributed by atoms with E-state index < -0.39 is 0 Å². The van der Waals surface area contributed by atoms with Crippen molar-refractivity contribution in [2.24, 2.45) is 4.99 Å². The van der Waals surface area contributed by atoms with Gasteiger partial charge >= 0.3 is 0 Å². The molecule has 3 nitrogen and oxygen atoms in total. The van der Waals surface area contributed by atoms with Gasteiger partial charge in [0.15, 0.2) is 0 Å². The van der Waals surface area contributed by atoms with Gasteiger partial charge in [-0.1, -0.05) is 36.4 Å². The van der Waals surface area contributed by atoms with Gasteiger partial charge in [0.05, 0.1) is 16.6 Å². The quantitative estimate of drug-likeness (QED) is 0.602. The first-order valence-electron chi connectivity index (χ1n) is 8.66. The maximum absolute atomic E-state index is 5.23. The van der Waals surface area contributed by atoms with E-state index >= 15 is 0 Å². The molecule has 0 unspecified atom stereocenters. The molecule has 0 N–H and O–H groups in total. The number of imidazole rings is 1. The van der Waals surface area contributed by atoms with Crippen LogP contribution in [-0.2, 0) is 5.41 Å². The second-order valence-corrected chi connectivity index (χ2v) is 7.68. The van der Waals surface area contributed by atoms with Gasteiger partial charge in [0, 0.05) is 11.0 Å². The van der Waals surface area contributed by atoms with Gasteiger partial charge in [-0.05, 0) is 50.8 Å². The van der Waals surface area contributed by atoms with Crippen molar-refractivity contribution >= 4 is 16.9 Å². The van der Waals surface area contributed by atoms with Crippen LogP contribution < -0.4 is 0 Å². The van der Waals surface area contributed by atoms with Crippen LogP contribution in [-0.4, -0.2) is 20.9 Å². The highest BCUT2D eigenvalue weighted by Gasteiger charge is 2.58. The zero-order valence-corrected chi connectivity index (χ0v) is 14.4. The topological polar surface area (TPSA) is 30.2 Å². The summed E-state index contributed by atoms with van der Waals surface area (Å²) in [5.41, 5.74) is 6.24. The maximum Gasteiger partial charge on any atom is 0.141 e. The summed E-state index contributed by atoms with van der Waals surface area (Å²) in [5.74, 6) is 1.03. The number of hydrogen-bond donors (Lipinski definition) is 0. The van der Waals surface area contributed by atoms with Gasteiger partial charge in [-0.15, -0.1) is 0 Å². The molecule has 5 rings (SSSR count). The number of fused-ring (bicyclic) bond motifs is 3. The van der Waals surface area contributed by atoms with E-state index in [1.807, 2.05) is 6.33 Å². The monoisotopic (exact) mass is 315 g/mol. The van der Waals surface area contributed by atoms with Gasteiger partial charge in [-0.2, -0.15) is 0 Å². The molecule has 2 heterocycles. The summed E-state index contributed by atoms with van der Waals surface area (Å²) in [5, 5.41) is 0. The molecular weight excluding hydrogens is 294 g/mol. The van der Waals surface area contributed by atoms with Crippen molar-refractivity contribution in [3.63, 3.8) is 0 Å². The fourth-order valence-electron chi connectivity index (χ4n) is 4.40. The minimum atomic E-state index is -0.0862. The van der Waals surface area contributed by atoms with Crippen LogP contribution in [0.4, 0.5) is 0 Å².